The van der Waals surface area contributed by atoms with Crippen LogP contribution in [0.3, 0.4) is 0 Å². The Morgan fingerprint density at radius 1 is 1.33 bits per heavy atom. The second-order valence-corrected chi connectivity index (χ2v) is 5.26. The molecule has 1 aromatic carbocycles. The topological polar surface area (TPSA) is 58.6 Å². The molecule has 2 atom stereocenters. The molecular formula is C15H19F2NO3. The monoisotopic (exact) mass is 299 g/mol. The van der Waals surface area contributed by atoms with Gasteiger partial charge in [0.25, 0.3) is 0 Å². The molecule has 4 nitrogen and oxygen atoms in total. The van der Waals surface area contributed by atoms with E-state index < -0.39 is 23.2 Å². The van der Waals surface area contributed by atoms with Gasteiger partial charge in [0.1, 0.15) is 0 Å². The van der Waals surface area contributed by atoms with Crippen LogP contribution in [0.4, 0.5) is 14.5 Å². The van der Waals surface area contributed by atoms with Gasteiger partial charge in [-0.05, 0) is 25.0 Å². The molecule has 1 fully saturated rings. The summed E-state index contributed by atoms with van der Waals surface area (Å²) >= 11 is 0. The number of rotatable bonds is 4. The molecule has 1 aromatic rings. The van der Waals surface area contributed by atoms with Crippen molar-refractivity contribution in [2.75, 3.05) is 19.0 Å². The SMILES string of the molecule is COC(=O)c1ccc(NC2CCCCC2CO)c(F)c1F. The Balaban J connectivity index is 2.21. The van der Waals surface area contributed by atoms with Crippen LogP contribution >= 0.6 is 0 Å². The lowest BCUT2D eigenvalue weighted by atomic mass is 9.85. The van der Waals surface area contributed by atoms with E-state index in [1.165, 1.54) is 12.1 Å². The highest BCUT2D eigenvalue weighted by atomic mass is 19.2. The van der Waals surface area contributed by atoms with E-state index in [0.717, 1.165) is 32.8 Å². The lowest BCUT2D eigenvalue weighted by Gasteiger charge is -2.31. The summed E-state index contributed by atoms with van der Waals surface area (Å²) in [5.74, 6) is -3.20. The van der Waals surface area contributed by atoms with Crippen LogP contribution in [0.2, 0.25) is 0 Å². The maximum atomic E-state index is 14.0. The number of benzene rings is 1. The molecule has 0 spiro atoms. The van der Waals surface area contributed by atoms with Crippen LogP contribution in [-0.4, -0.2) is 30.8 Å². The van der Waals surface area contributed by atoms with Crippen LogP contribution in [0.25, 0.3) is 0 Å². The van der Waals surface area contributed by atoms with Crippen LogP contribution in [0, 0.1) is 17.6 Å². The molecule has 0 radical (unpaired) electrons. The summed E-state index contributed by atoms with van der Waals surface area (Å²) in [6.45, 7) is 0.0159. The summed E-state index contributed by atoms with van der Waals surface area (Å²) < 4.78 is 32.3. The van der Waals surface area contributed by atoms with E-state index in [4.69, 9.17) is 0 Å². The first kappa shape index (κ1) is 15.7. The first-order valence-corrected chi connectivity index (χ1v) is 7.02. The fourth-order valence-corrected chi connectivity index (χ4v) is 2.74. The van der Waals surface area contributed by atoms with E-state index >= 15 is 0 Å². The zero-order valence-corrected chi connectivity index (χ0v) is 11.9. The number of esters is 1. The average molecular weight is 299 g/mol. The molecule has 2 rings (SSSR count). The Morgan fingerprint density at radius 3 is 2.71 bits per heavy atom. The summed E-state index contributed by atoms with van der Waals surface area (Å²) in [6, 6.07) is 2.43. The van der Waals surface area contributed by atoms with Crippen molar-refractivity contribution < 1.29 is 23.4 Å². The van der Waals surface area contributed by atoms with Gasteiger partial charge in [0.2, 0.25) is 0 Å². The molecule has 0 heterocycles. The maximum absolute atomic E-state index is 14.0. The number of nitrogens with one attached hydrogen (secondary N) is 1. The number of hydrogen-bond donors (Lipinski definition) is 2. The quantitative estimate of drug-likeness (QED) is 0.839. The maximum Gasteiger partial charge on any atom is 0.340 e. The van der Waals surface area contributed by atoms with Crippen LogP contribution < -0.4 is 5.32 Å². The molecule has 21 heavy (non-hydrogen) atoms. The zero-order chi connectivity index (χ0) is 15.4. The molecule has 0 bridgehead atoms. The van der Waals surface area contributed by atoms with Gasteiger partial charge in [0, 0.05) is 18.6 Å². The molecule has 1 aliphatic rings. The van der Waals surface area contributed by atoms with Crippen molar-refractivity contribution in [3.05, 3.63) is 29.3 Å². The second kappa shape index (κ2) is 6.85. The fraction of sp³-hybridized carbons (Fsp3) is 0.533. The van der Waals surface area contributed by atoms with Crippen LogP contribution in [0.1, 0.15) is 36.0 Å². The van der Waals surface area contributed by atoms with E-state index in [2.05, 4.69) is 10.1 Å². The third-order valence-electron chi connectivity index (χ3n) is 3.97. The van der Waals surface area contributed by atoms with Crippen LogP contribution in [0.15, 0.2) is 12.1 Å². The van der Waals surface area contributed by atoms with Crippen molar-refractivity contribution in [2.24, 2.45) is 5.92 Å². The van der Waals surface area contributed by atoms with Gasteiger partial charge in [-0.1, -0.05) is 12.8 Å². The van der Waals surface area contributed by atoms with E-state index in [0.29, 0.717) is 0 Å². The Labute approximate surface area is 122 Å². The highest BCUT2D eigenvalue weighted by Crippen LogP contribution is 2.29. The van der Waals surface area contributed by atoms with E-state index in [1.807, 2.05) is 0 Å². The van der Waals surface area contributed by atoms with Crippen molar-refractivity contribution in [3.63, 3.8) is 0 Å². The summed E-state index contributed by atoms with van der Waals surface area (Å²) in [5.41, 5.74) is -0.423. The molecule has 0 amide bonds. The first-order chi connectivity index (χ1) is 10.1. The predicted octanol–water partition coefficient (Wildman–Crippen LogP) is 2.71. The van der Waals surface area contributed by atoms with Crippen molar-refractivity contribution in [2.45, 2.75) is 31.7 Å². The molecule has 1 saturated carbocycles. The largest absolute Gasteiger partial charge is 0.465 e. The third kappa shape index (κ3) is 3.32. The number of ether oxygens (including phenoxy) is 1. The van der Waals surface area contributed by atoms with Crippen molar-refractivity contribution >= 4 is 11.7 Å². The molecule has 0 saturated heterocycles. The molecule has 6 heteroatoms. The summed E-state index contributed by atoms with van der Waals surface area (Å²) in [6.07, 6.45) is 3.67. The highest BCUT2D eigenvalue weighted by Gasteiger charge is 2.26. The Hall–Kier alpha value is -1.69. The molecule has 2 unspecified atom stereocenters. The summed E-state index contributed by atoms with van der Waals surface area (Å²) in [7, 11) is 1.11. The standard InChI is InChI=1S/C15H19F2NO3/c1-21-15(20)10-6-7-12(14(17)13(10)16)18-11-5-3-2-4-9(11)8-19/h6-7,9,11,18-19H,2-5,8H2,1H3. The van der Waals surface area contributed by atoms with Gasteiger partial charge in [0.05, 0.1) is 18.4 Å². The Kier molecular flexibility index (Phi) is 5.12. The number of methoxy groups -OCH3 is 1. The smallest absolute Gasteiger partial charge is 0.340 e. The molecular weight excluding hydrogens is 280 g/mol. The van der Waals surface area contributed by atoms with Gasteiger partial charge in [-0.2, -0.15) is 0 Å². The number of carbonyl (C=O) groups is 1. The average Bonchev–Trinajstić information content (AvgIpc) is 2.51. The minimum Gasteiger partial charge on any atom is -0.465 e. The van der Waals surface area contributed by atoms with Gasteiger partial charge in [-0.3, -0.25) is 0 Å². The molecule has 1 aliphatic carbocycles. The summed E-state index contributed by atoms with van der Waals surface area (Å²) in [5, 5.41) is 12.3. The molecule has 116 valence electrons. The highest BCUT2D eigenvalue weighted by molar-refractivity contribution is 5.90. The fourth-order valence-electron chi connectivity index (χ4n) is 2.74. The van der Waals surface area contributed by atoms with Crippen molar-refractivity contribution in [1.29, 1.82) is 0 Å². The predicted molar refractivity (Wildman–Crippen MR) is 74.2 cm³/mol. The van der Waals surface area contributed by atoms with E-state index in [9.17, 15) is 18.7 Å². The normalized spacial score (nSPS) is 21.9. The van der Waals surface area contributed by atoms with Gasteiger partial charge in [0.15, 0.2) is 11.6 Å². The Bertz CT molecular complexity index is 522. The molecule has 0 aromatic heterocycles. The third-order valence-corrected chi connectivity index (χ3v) is 3.97. The minimum atomic E-state index is -1.22. The first-order valence-electron chi connectivity index (χ1n) is 7.02. The van der Waals surface area contributed by atoms with Gasteiger partial charge >= 0.3 is 5.97 Å². The number of halogens is 2. The minimum absolute atomic E-state index is 0.00510. The second-order valence-electron chi connectivity index (χ2n) is 5.26. The van der Waals surface area contributed by atoms with Crippen molar-refractivity contribution in [1.82, 2.24) is 0 Å². The number of carbonyl (C=O) groups excluding carboxylic acids is 1. The Morgan fingerprint density at radius 2 is 2.05 bits per heavy atom. The molecule has 0 aliphatic heterocycles. The van der Waals surface area contributed by atoms with Crippen LogP contribution in [-0.2, 0) is 4.74 Å². The lowest BCUT2D eigenvalue weighted by molar-refractivity contribution is 0.0594. The van der Waals surface area contributed by atoms with Gasteiger partial charge in [-0.15, -0.1) is 0 Å². The number of anilines is 1. The number of aliphatic hydroxyl groups excluding tert-OH is 1. The lowest BCUT2D eigenvalue weighted by Crippen LogP contribution is -2.34. The van der Waals surface area contributed by atoms with Crippen molar-refractivity contribution in [3.8, 4) is 0 Å². The van der Waals surface area contributed by atoms with E-state index in [1.54, 1.807) is 0 Å². The molecule has 2 N–H and O–H groups in total. The van der Waals surface area contributed by atoms with Gasteiger partial charge in [-0.25, -0.2) is 13.6 Å². The van der Waals surface area contributed by atoms with Gasteiger partial charge < -0.3 is 15.2 Å². The zero-order valence-electron chi connectivity index (χ0n) is 11.9. The number of aliphatic hydroxyl groups is 1. The summed E-state index contributed by atoms with van der Waals surface area (Å²) in [4.78, 5) is 11.3. The number of hydrogen-bond acceptors (Lipinski definition) is 4. The van der Waals surface area contributed by atoms with E-state index in [-0.39, 0.29) is 24.3 Å². The van der Waals surface area contributed by atoms with Crippen LogP contribution in [0.5, 0.6) is 0 Å².